The van der Waals surface area contributed by atoms with Crippen LogP contribution in [0.4, 0.5) is 8.78 Å². The molecule has 2 atom stereocenters. The van der Waals surface area contributed by atoms with Crippen LogP contribution in [0.3, 0.4) is 0 Å². The molecule has 200 valence electrons. The van der Waals surface area contributed by atoms with Crippen LogP contribution in [0.2, 0.25) is 0 Å². The maximum absolute atomic E-state index is 13.7. The second-order valence-electron chi connectivity index (χ2n) is 9.37. The molecule has 1 aliphatic rings. The van der Waals surface area contributed by atoms with Crippen LogP contribution in [0.25, 0.3) is 10.2 Å². The van der Waals surface area contributed by atoms with Crippen molar-refractivity contribution in [2.45, 2.75) is 35.7 Å². The van der Waals surface area contributed by atoms with Gasteiger partial charge in [0, 0.05) is 26.2 Å². The Hall–Kier alpha value is -2.56. The number of benzene rings is 3. The Morgan fingerprint density at radius 3 is 2.05 bits per heavy atom. The number of aliphatic hydroxyl groups is 1. The van der Waals surface area contributed by atoms with Crippen molar-refractivity contribution < 1.29 is 18.6 Å². The van der Waals surface area contributed by atoms with Crippen LogP contribution in [-0.4, -0.2) is 64.2 Å². The average molecular weight is 556 g/mol. The molecule has 5 rings (SSSR count). The smallest absolute Gasteiger partial charge is 0.152 e. The third-order valence-corrected chi connectivity index (χ3v) is 9.31. The lowest BCUT2D eigenvalue weighted by Crippen LogP contribution is -2.52. The number of fused-ring (bicyclic) bond motifs is 1. The van der Waals surface area contributed by atoms with Crippen molar-refractivity contribution in [3.63, 3.8) is 0 Å². The Morgan fingerprint density at radius 2 is 1.50 bits per heavy atom. The molecule has 38 heavy (non-hydrogen) atoms. The summed E-state index contributed by atoms with van der Waals surface area (Å²) in [5.74, 6) is 0.273. The summed E-state index contributed by atoms with van der Waals surface area (Å²) in [5, 5.41) is 10.6. The van der Waals surface area contributed by atoms with Crippen molar-refractivity contribution in [2.75, 3.05) is 32.8 Å². The second-order valence-corrected chi connectivity index (χ2v) is 11.8. The van der Waals surface area contributed by atoms with Crippen molar-refractivity contribution in [3.8, 4) is 5.75 Å². The molecule has 0 radical (unpaired) electrons. The van der Waals surface area contributed by atoms with Crippen molar-refractivity contribution in [3.05, 3.63) is 89.5 Å². The zero-order valence-corrected chi connectivity index (χ0v) is 23.0. The Morgan fingerprint density at radius 1 is 0.921 bits per heavy atom. The summed E-state index contributed by atoms with van der Waals surface area (Å²) in [6.07, 6.45) is -0.553. The van der Waals surface area contributed by atoms with Crippen molar-refractivity contribution >= 4 is 33.3 Å². The fraction of sp³-hybridized carbons (Fsp3) is 0.345. The Bertz CT molecular complexity index is 1290. The molecule has 5 nitrogen and oxygen atoms in total. The van der Waals surface area contributed by atoms with Crippen LogP contribution in [0.1, 0.15) is 31.0 Å². The zero-order valence-electron chi connectivity index (χ0n) is 21.4. The fourth-order valence-electron chi connectivity index (χ4n) is 4.93. The van der Waals surface area contributed by atoms with E-state index >= 15 is 0 Å². The number of hydrogen-bond acceptors (Lipinski definition) is 7. The molecule has 0 bridgehead atoms. The number of hydrogen-bond donors (Lipinski definition) is 1. The van der Waals surface area contributed by atoms with E-state index in [2.05, 4.69) is 9.80 Å². The topological polar surface area (TPSA) is 48.8 Å². The van der Waals surface area contributed by atoms with Crippen LogP contribution in [-0.2, 0) is 0 Å². The number of ether oxygens (including phenoxy) is 1. The Balaban J connectivity index is 1.31. The van der Waals surface area contributed by atoms with Crippen molar-refractivity contribution in [2.24, 2.45) is 0 Å². The minimum Gasteiger partial charge on any atom is -0.494 e. The molecule has 0 aliphatic carbocycles. The molecular weight excluding hydrogens is 524 g/mol. The maximum Gasteiger partial charge on any atom is 0.152 e. The van der Waals surface area contributed by atoms with Crippen LogP contribution in [0.15, 0.2) is 71.1 Å². The van der Waals surface area contributed by atoms with Gasteiger partial charge in [-0.15, -0.1) is 11.3 Å². The molecule has 1 fully saturated rings. The SMILES string of the molecule is CCOc1ccc2nc(SC(C(C)O)N3CCN(C(c4ccc(F)cc4)c4ccc(F)cc4)CC3)sc2c1. The normalized spacial score (nSPS) is 16.7. The predicted molar refractivity (Wildman–Crippen MR) is 150 cm³/mol. The monoisotopic (exact) mass is 555 g/mol. The van der Waals surface area contributed by atoms with E-state index in [4.69, 9.17) is 9.72 Å². The lowest BCUT2D eigenvalue weighted by atomic mass is 9.96. The number of nitrogens with zero attached hydrogens (tertiary/aromatic N) is 3. The second kappa shape index (κ2) is 12.1. The summed E-state index contributed by atoms with van der Waals surface area (Å²) in [5.41, 5.74) is 2.86. The van der Waals surface area contributed by atoms with E-state index in [1.807, 2.05) is 32.0 Å². The number of thiazole rings is 1. The van der Waals surface area contributed by atoms with E-state index in [0.717, 1.165) is 57.6 Å². The van der Waals surface area contributed by atoms with E-state index in [1.165, 1.54) is 24.3 Å². The lowest BCUT2D eigenvalue weighted by Gasteiger charge is -2.43. The van der Waals surface area contributed by atoms with E-state index in [9.17, 15) is 13.9 Å². The van der Waals surface area contributed by atoms with Gasteiger partial charge in [0.25, 0.3) is 0 Å². The van der Waals surface area contributed by atoms with Gasteiger partial charge in [-0.2, -0.15) is 0 Å². The molecule has 0 spiro atoms. The van der Waals surface area contributed by atoms with Gasteiger partial charge in [-0.05, 0) is 67.4 Å². The average Bonchev–Trinajstić information content (AvgIpc) is 3.32. The van der Waals surface area contributed by atoms with E-state index < -0.39 is 6.10 Å². The van der Waals surface area contributed by atoms with Gasteiger partial charge in [0.15, 0.2) is 4.34 Å². The molecule has 2 unspecified atom stereocenters. The summed E-state index contributed by atoms with van der Waals surface area (Å²) in [4.78, 5) is 9.43. The summed E-state index contributed by atoms with van der Waals surface area (Å²) in [6.45, 7) is 7.41. The van der Waals surface area contributed by atoms with Gasteiger partial charge < -0.3 is 9.84 Å². The highest BCUT2D eigenvalue weighted by molar-refractivity contribution is 8.01. The molecule has 3 aromatic carbocycles. The van der Waals surface area contributed by atoms with Gasteiger partial charge in [0.2, 0.25) is 0 Å². The molecule has 0 amide bonds. The molecular formula is C29H31F2N3O2S2. The molecule has 2 heterocycles. The first kappa shape index (κ1) is 27.0. The molecule has 1 aliphatic heterocycles. The first-order valence-corrected chi connectivity index (χ1v) is 14.5. The highest BCUT2D eigenvalue weighted by Gasteiger charge is 2.32. The summed E-state index contributed by atoms with van der Waals surface area (Å²) in [7, 11) is 0. The molecule has 1 saturated heterocycles. The summed E-state index contributed by atoms with van der Waals surface area (Å²) < 4.78 is 34.9. The third kappa shape index (κ3) is 6.18. The van der Waals surface area contributed by atoms with E-state index in [0.29, 0.717) is 6.61 Å². The van der Waals surface area contributed by atoms with Gasteiger partial charge in [0.1, 0.15) is 17.4 Å². The number of halogens is 2. The molecule has 4 aromatic rings. The standard InChI is InChI=1S/C29H31F2N3O2S2/c1-3-36-24-12-13-25-26(18-24)37-29(32-25)38-28(19(2)35)34-16-14-33(15-17-34)27(20-4-8-22(30)9-5-20)21-6-10-23(31)11-7-21/h4-13,18-19,27-28,35H,3,14-17H2,1-2H3. The lowest BCUT2D eigenvalue weighted by molar-refractivity contribution is 0.0555. The Labute approximate surface area is 230 Å². The first-order valence-electron chi connectivity index (χ1n) is 12.8. The van der Waals surface area contributed by atoms with E-state index in [1.54, 1.807) is 47.4 Å². The van der Waals surface area contributed by atoms with Gasteiger partial charge >= 0.3 is 0 Å². The number of aliphatic hydroxyl groups excluding tert-OH is 1. The van der Waals surface area contributed by atoms with Crippen LogP contribution in [0, 0.1) is 11.6 Å². The molecule has 1 aromatic heterocycles. The van der Waals surface area contributed by atoms with Crippen LogP contribution in [0.5, 0.6) is 5.75 Å². The number of rotatable bonds is 9. The first-order chi connectivity index (χ1) is 18.4. The number of aromatic nitrogens is 1. The van der Waals surface area contributed by atoms with Crippen LogP contribution < -0.4 is 4.74 Å². The maximum atomic E-state index is 13.7. The summed E-state index contributed by atoms with van der Waals surface area (Å²) >= 11 is 3.21. The zero-order chi connectivity index (χ0) is 26.6. The number of thioether (sulfide) groups is 1. The summed E-state index contributed by atoms with van der Waals surface area (Å²) in [6, 6.07) is 18.9. The Kier molecular flexibility index (Phi) is 8.60. The van der Waals surface area contributed by atoms with Crippen molar-refractivity contribution in [1.29, 1.82) is 0 Å². The predicted octanol–water partition coefficient (Wildman–Crippen LogP) is 6.18. The highest BCUT2D eigenvalue weighted by atomic mass is 32.2. The fourth-order valence-corrected chi connectivity index (χ4v) is 7.32. The van der Waals surface area contributed by atoms with Crippen molar-refractivity contribution in [1.82, 2.24) is 14.8 Å². The third-order valence-electron chi connectivity index (χ3n) is 6.73. The van der Waals surface area contributed by atoms with Gasteiger partial charge in [-0.3, -0.25) is 9.80 Å². The highest BCUT2D eigenvalue weighted by Crippen LogP contribution is 2.37. The van der Waals surface area contributed by atoms with Gasteiger partial charge in [-0.25, -0.2) is 13.8 Å². The van der Waals surface area contributed by atoms with E-state index in [-0.39, 0.29) is 23.1 Å². The molecule has 0 saturated carbocycles. The number of piperazine rings is 1. The van der Waals surface area contributed by atoms with Gasteiger partial charge in [-0.1, -0.05) is 36.0 Å². The molecule has 1 N–H and O–H groups in total. The minimum absolute atomic E-state index is 0.111. The minimum atomic E-state index is -0.553. The van der Waals surface area contributed by atoms with Crippen LogP contribution >= 0.6 is 23.1 Å². The largest absolute Gasteiger partial charge is 0.494 e. The quantitative estimate of drug-likeness (QED) is 0.249. The molecule has 9 heteroatoms. The van der Waals surface area contributed by atoms with Gasteiger partial charge in [0.05, 0.1) is 34.3 Å².